The molecule has 0 fully saturated rings. The van der Waals surface area contributed by atoms with Gasteiger partial charge in [0, 0.05) is 0 Å². The summed E-state index contributed by atoms with van der Waals surface area (Å²) < 4.78 is 4.73. The molecule has 0 bridgehead atoms. The Morgan fingerprint density at radius 1 is 1.57 bits per heavy atom. The van der Waals surface area contributed by atoms with Crippen LogP contribution in [0.5, 0.6) is 0 Å². The van der Waals surface area contributed by atoms with Crippen LogP contribution in [0.2, 0.25) is 0 Å². The fourth-order valence-corrected chi connectivity index (χ4v) is 0.869. The second kappa shape index (κ2) is 4.26. The maximum atomic E-state index is 11.4. The molecule has 1 aromatic rings. The van der Waals surface area contributed by atoms with E-state index >= 15 is 0 Å². The van der Waals surface area contributed by atoms with Gasteiger partial charge in [0.25, 0.3) is 5.91 Å². The Kier molecular flexibility index (Phi) is 3.27. The van der Waals surface area contributed by atoms with Crippen LogP contribution < -0.4 is 5.32 Å². The monoisotopic (exact) mass is 199 g/mol. The Morgan fingerprint density at radius 2 is 2.21 bits per heavy atom. The van der Waals surface area contributed by atoms with Crippen LogP contribution >= 0.6 is 0 Å². The van der Waals surface area contributed by atoms with Crippen LogP contribution in [0.15, 0.2) is 23.0 Å². The predicted molar refractivity (Wildman–Crippen MR) is 48.8 cm³/mol. The highest BCUT2D eigenvalue weighted by Gasteiger charge is 2.25. The predicted octanol–water partition coefficient (Wildman–Crippen LogP) is -0.247. The molecular formula is C9H13NO4. The van der Waals surface area contributed by atoms with E-state index in [9.17, 15) is 4.79 Å². The molecule has 5 nitrogen and oxygen atoms in total. The van der Waals surface area contributed by atoms with Gasteiger partial charge in [-0.3, -0.25) is 4.79 Å². The van der Waals surface area contributed by atoms with E-state index in [1.165, 1.54) is 18.6 Å². The first-order valence-corrected chi connectivity index (χ1v) is 4.18. The highest BCUT2D eigenvalue weighted by Crippen LogP contribution is 2.05. The van der Waals surface area contributed by atoms with E-state index in [4.69, 9.17) is 14.6 Å². The summed E-state index contributed by atoms with van der Waals surface area (Å²) in [6, 6.07) is 1.50. The van der Waals surface area contributed by atoms with Gasteiger partial charge < -0.3 is 19.9 Å². The molecule has 0 aromatic carbocycles. The molecule has 0 saturated carbocycles. The zero-order valence-corrected chi connectivity index (χ0v) is 7.86. The lowest BCUT2D eigenvalue weighted by Gasteiger charge is -2.25. The molecule has 1 amide bonds. The van der Waals surface area contributed by atoms with E-state index in [0.717, 1.165) is 0 Å². The van der Waals surface area contributed by atoms with Gasteiger partial charge in [-0.05, 0) is 13.0 Å². The average Bonchev–Trinajstić information content (AvgIpc) is 2.70. The number of nitrogens with one attached hydrogen (secondary N) is 1. The Hall–Kier alpha value is -1.33. The first kappa shape index (κ1) is 10.7. The van der Waals surface area contributed by atoms with E-state index in [0.29, 0.717) is 5.56 Å². The van der Waals surface area contributed by atoms with Gasteiger partial charge in [-0.25, -0.2) is 0 Å². The fourth-order valence-electron chi connectivity index (χ4n) is 0.869. The molecule has 0 aliphatic heterocycles. The second-order valence-corrected chi connectivity index (χ2v) is 3.34. The van der Waals surface area contributed by atoms with Crippen LogP contribution in [0.3, 0.4) is 0 Å². The average molecular weight is 199 g/mol. The highest BCUT2D eigenvalue weighted by molar-refractivity contribution is 5.94. The number of hydrogen-bond donors (Lipinski definition) is 3. The maximum absolute atomic E-state index is 11.4. The number of amides is 1. The number of carbonyl (C=O) groups is 1. The Labute approximate surface area is 81.4 Å². The zero-order valence-electron chi connectivity index (χ0n) is 7.86. The Morgan fingerprint density at radius 3 is 2.64 bits per heavy atom. The number of hydrogen-bond acceptors (Lipinski definition) is 4. The van der Waals surface area contributed by atoms with E-state index in [-0.39, 0.29) is 19.1 Å². The van der Waals surface area contributed by atoms with Crippen LogP contribution in [0.4, 0.5) is 0 Å². The minimum Gasteiger partial charge on any atom is -0.472 e. The van der Waals surface area contributed by atoms with Crippen molar-refractivity contribution in [1.82, 2.24) is 5.32 Å². The highest BCUT2D eigenvalue weighted by atomic mass is 16.3. The van der Waals surface area contributed by atoms with Gasteiger partial charge in [0.05, 0.1) is 30.6 Å². The molecule has 0 unspecified atom stereocenters. The number of carbonyl (C=O) groups excluding carboxylic acids is 1. The smallest absolute Gasteiger partial charge is 0.255 e. The first-order valence-electron chi connectivity index (χ1n) is 4.18. The van der Waals surface area contributed by atoms with Gasteiger partial charge in [-0.15, -0.1) is 0 Å². The second-order valence-electron chi connectivity index (χ2n) is 3.34. The van der Waals surface area contributed by atoms with Gasteiger partial charge in [0.2, 0.25) is 0 Å². The van der Waals surface area contributed by atoms with Crippen LogP contribution in [0.25, 0.3) is 0 Å². The number of rotatable bonds is 4. The molecule has 1 rings (SSSR count). The maximum Gasteiger partial charge on any atom is 0.255 e. The lowest BCUT2D eigenvalue weighted by Crippen LogP contribution is -2.51. The van der Waals surface area contributed by atoms with Crippen LogP contribution in [-0.2, 0) is 0 Å². The van der Waals surface area contributed by atoms with Crippen molar-refractivity contribution in [2.75, 3.05) is 13.2 Å². The van der Waals surface area contributed by atoms with Crippen molar-refractivity contribution in [2.45, 2.75) is 12.5 Å². The van der Waals surface area contributed by atoms with E-state index in [2.05, 4.69) is 5.32 Å². The van der Waals surface area contributed by atoms with Crippen LogP contribution in [-0.4, -0.2) is 34.9 Å². The first-order chi connectivity index (χ1) is 6.61. The largest absolute Gasteiger partial charge is 0.472 e. The summed E-state index contributed by atoms with van der Waals surface area (Å²) in [6.45, 7) is 0.894. The van der Waals surface area contributed by atoms with Gasteiger partial charge in [-0.1, -0.05) is 0 Å². The lowest BCUT2D eigenvalue weighted by molar-refractivity contribution is 0.0723. The topological polar surface area (TPSA) is 82.7 Å². The third kappa shape index (κ3) is 2.34. The summed E-state index contributed by atoms with van der Waals surface area (Å²) in [5.74, 6) is -0.385. The summed E-state index contributed by atoms with van der Waals surface area (Å²) in [6.07, 6.45) is 2.68. The van der Waals surface area contributed by atoms with Gasteiger partial charge >= 0.3 is 0 Å². The van der Waals surface area contributed by atoms with Crippen molar-refractivity contribution in [2.24, 2.45) is 0 Å². The van der Waals surface area contributed by atoms with E-state index in [1.807, 2.05) is 0 Å². The van der Waals surface area contributed by atoms with Gasteiger partial charge in [0.15, 0.2) is 0 Å². The molecule has 78 valence electrons. The molecule has 0 aliphatic rings. The summed E-state index contributed by atoms with van der Waals surface area (Å²) in [7, 11) is 0. The Bertz CT molecular complexity index is 290. The molecule has 0 saturated heterocycles. The molecule has 0 aliphatic carbocycles. The normalized spacial score (nSPS) is 11.4. The van der Waals surface area contributed by atoms with Crippen molar-refractivity contribution in [3.8, 4) is 0 Å². The van der Waals surface area contributed by atoms with Crippen molar-refractivity contribution >= 4 is 5.91 Å². The lowest BCUT2D eigenvalue weighted by atomic mass is 10.1. The summed E-state index contributed by atoms with van der Waals surface area (Å²) in [4.78, 5) is 11.4. The SMILES string of the molecule is CC(CO)(CO)NC(=O)c1ccoc1. The number of aliphatic hydroxyl groups is 2. The number of furan rings is 1. The number of aliphatic hydroxyl groups excluding tert-OH is 2. The van der Waals surface area contributed by atoms with Crippen LogP contribution in [0, 0.1) is 0 Å². The summed E-state index contributed by atoms with van der Waals surface area (Å²) >= 11 is 0. The third-order valence-corrected chi connectivity index (χ3v) is 1.90. The Balaban J connectivity index is 2.65. The molecule has 1 aromatic heterocycles. The van der Waals surface area contributed by atoms with Crippen molar-refractivity contribution in [3.63, 3.8) is 0 Å². The van der Waals surface area contributed by atoms with Crippen molar-refractivity contribution < 1.29 is 19.4 Å². The molecule has 5 heteroatoms. The minimum atomic E-state index is -1.01. The molecule has 0 atom stereocenters. The minimum absolute atomic E-state index is 0.326. The molecule has 1 heterocycles. The molecular weight excluding hydrogens is 186 g/mol. The molecule has 14 heavy (non-hydrogen) atoms. The fraction of sp³-hybridized carbons (Fsp3) is 0.444. The van der Waals surface area contributed by atoms with Crippen molar-refractivity contribution in [3.05, 3.63) is 24.2 Å². The van der Waals surface area contributed by atoms with E-state index < -0.39 is 5.54 Å². The zero-order chi connectivity index (χ0) is 10.6. The van der Waals surface area contributed by atoms with Crippen molar-refractivity contribution in [1.29, 1.82) is 0 Å². The van der Waals surface area contributed by atoms with Crippen LogP contribution in [0.1, 0.15) is 17.3 Å². The molecule has 0 radical (unpaired) electrons. The third-order valence-electron chi connectivity index (χ3n) is 1.90. The quantitative estimate of drug-likeness (QED) is 0.624. The molecule has 3 N–H and O–H groups in total. The standard InChI is InChI=1S/C9H13NO4/c1-9(5-11,6-12)10-8(13)7-2-3-14-4-7/h2-4,11-12H,5-6H2,1H3,(H,10,13). The summed E-state index contributed by atoms with van der Waals surface area (Å²) in [5.41, 5.74) is -0.646. The molecule has 0 spiro atoms. The summed E-state index contributed by atoms with van der Waals surface area (Å²) in [5, 5.41) is 20.4. The van der Waals surface area contributed by atoms with Gasteiger partial charge in [0.1, 0.15) is 6.26 Å². The van der Waals surface area contributed by atoms with Gasteiger partial charge in [-0.2, -0.15) is 0 Å². The van der Waals surface area contributed by atoms with E-state index in [1.54, 1.807) is 6.92 Å².